The molecule has 0 aliphatic heterocycles. The monoisotopic (exact) mass is 229 g/mol. The fourth-order valence-corrected chi connectivity index (χ4v) is 1.75. The number of para-hydroxylation sites is 1. The Kier molecular flexibility index (Phi) is 3.23. The third kappa shape index (κ3) is 2.20. The summed E-state index contributed by atoms with van der Waals surface area (Å²) in [4.78, 5) is 18.0. The van der Waals surface area contributed by atoms with Crippen LogP contribution in [0.15, 0.2) is 42.9 Å². The topological polar surface area (TPSA) is 38.1 Å². The molecule has 0 fully saturated rings. The standard InChI is InChI=1S/C13H15N3O/c1-3-16(11-7-5-4-6-8-11)13(17)12-9-14-10-15(12)2/h4-10H,3H2,1-2H3. The summed E-state index contributed by atoms with van der Waals surface area (Å²) in [6.07, 6.45) is 3.22. The van der Waals surface area contributed by atoms with E-state index in [2.05, 4.69) is 4.98 Å². The summed E-state index contributed by atoms with van der Waals surface area (Å²) in [7, 11) is 1.82. The van der Waals surface area contributed by atoms with E-state index in [0.717, 1.165) is 5.69 Å². The molecule has 0 bridgehead atoms. The normalized spacial score (nSPS) is 10.2. The van der Waals surface area contributed by atoms with E-state index < -0.39 is 0 Å². The lowest BCUT2D eigenvalue weighted by Gasteiger charge is -2.20. The number of hydrogen-bond acceptors (Lipinski definition) is 2. The predicted molar refractivity (Wildman–Crippen MR) is 67.0 cm³/mol. The van der Waals surface area contributed by atoms with Gasteiger partial charge in [0.1, 0.15) is 5.69 Å². The first-order valence-corrected chi connectivity index (χ1v) is 5.57. The van der Waals surface area contributed by atoms with Gasteiger partial charge in [0, 0.05) is 19.3 Å². The maximum Gasteiger partial charge on any atom is 0.276 e. The molecule has 0 unspecified atom stereocenters. The number of nitrogens with zero attached hydrogens (tertiary/aromatic N) is 3. The van der Waals surface area contributed by atoms with Crippen LogP contribution in [-0.4, -0.2) is 22.0 Å². The maximum atomic E-state index is 12.3. The molecule has 0 atom stereocenters. The Morgan fingerprint density at radius 1 is 1.35 bits per heavy atom. The smallest absolute Gasteiger partial charge is 0.276 e. The Morgan fingerprint density at radius 3 is 2.59 bits per heavy atom. The molecule has 1 aromatic heterocycles. The summed E-state index contributed by atoms with van der Waals surface area (Å²) in [5.74, 6) is -0.0290. The van der Waals surface area contributed by atoms with E-state index >= 15 is 0 Å². The predicted octanol–water partition coefficient (Wildman–Crippen LogP) is 2.09. The molecule has 4 nitrogen and oxygen atoms in total. The summed E-state index contributed by atoms with van der Waals surface area (Å²) in [5, 5.41) is 0. The Labute approximate surface area is 101 Å². The number of benzene rings is 1. The molecule has 0 aliphatic carbocycles. The second kappa shape index (κ2) is 4.82. The Balaban J connectivity index is 2.32. The van der Waals surface area contributed by atoms with E-state index in [1.165, 1.54) is 0 Å². The molecular weight excluding hydrogens is 214 g/mol. The number of carbonyl (C=O) groups excluding carboxylic acids is 1. The Hall–Kier alpha value is -2.10. The van der Waals surface area contributed by atoms with Crippen LogP contribution in [-0.2, 0) is 7.05 Å². The molecule has 0 radical (unpaired) electrons. The molecule has 0 saturated carbocycles. The van der Waals surface area contributed by atoms with Crippen molar-refractivity contribution in [3.63, 3.8) is 0 Å². The van der Waals surface area contributed by atoms with Gasteiger partial charge in [-0.05, 0) is 19.1 Å². The number of hydrogen-bond donors (Lipinski definition) is 0. The van der Waals surface area contributed by atoms with Crippen LogP contribution in [0, 0.1) is 0 Å². The minimum atomic E-state index is -0.0290. The molecule has 0 aliphatic rings. The number of imidazole rings is 1. The van der Waals surface area contributed by atoms with Gasteiger partial charge in [0.25, 0.3) is 5.91 Å². The number of aryl methyl sites for hydroxylation is 1. The van der Waals surface area contributed by atoms with Crippen molar-refractivity contribution >= 4 is 11.6 Å². The molecule has 2 aromatic rings. The highest BCUT2D eigenvalue weighted by Gasteiger charge is 2.18. The molecule has 1 amide bonds. The third-order valence-electron chi connectivity index (χ3n) is 2.67. The fourth-order valence-electron chi connectivity index (χ4n) is 1.75. The van der Waals surface area contributed by atoms with Crippen molar-refractivity contribution in [2.75, 3.05) is 11.4 Å². The summed E-state index contributed by atoms with van der Waals surface area (Å²) >= 11 is 0. The van der Waals surface area contributed by atoms with E-state index in [0.29, 0.717) is 12.2 Å². The molecular formula is C13H15N3O. The fraction of sp³-hybridized carbons (Fsp3) is 0.231. The maximum absolute atomic E-state index is 12.3. The van der Waals surface area contributed by atoms with Crippen molar-refractivity contribution in [1.29, 1.82) is 0 Å². The number of rotatable bonds is 3. The van der Waals surface area contributed by atoms with Crippen molar-refractivity contribution in [3.8, 4) is 0 Å². The largest absolute Gasteiger partial charge is 0.330 e. The molecule has 88 valence electrons. The molecule has 17 heavy (non-hydrogen) atoms. The minimum Gasteiger partial charge on any atom is -0.330 e. The van der Waals surface area contributed by atoms with E-state index in [1.807, 2.05) is 44.3 Å². The molecule has 1 aromatic carbocycles. The zero-order valence-corrected chi connectivity index (χ0v) is 10.00. The van der Waals surface area contributed by atoms with Crippen LogP contribution in [0.25, 0.3) is 0 Å². The van der Waals surface area contributed by atoms with Crippen LogP contribution in [0.3, 0.4) is 0 Å². The van der Waals surface area contributed by atoms with Gasteiger partial charge in [0.15, 0.2) is 0 Å². The lowest BCUT2D eigenvalue weighted by Crippen LogP contribution is -2.31. The van der Waals surface area contributed by atoms with Gasteiger partial charge in [-0.3, -0.25) is 4.79 Å². The van der Waals surface area contributed by atoms with Gasteiger partial charge in [-0.25, -0.2) is 4.98 Å². The van der Waals surface area contributed by atoms with Crippen LogP contribution < -0.4 is 4.90 Å². The van der Waals surface area contributed by atoms with Crippen LogP contribution in [0.1, 0.15) is 17.4 Å². The number of aromatic nitrogens is 2. The van der Waals surface area contributed by atoms with E-state index in [4.69, 9.17) is 0 Å². The first kappa shape index (κ1) is 11.4. The second-order valence-corrected chi connectivity index (χ2v) is 3.77. The zero-order chi connectivity index (χ0) is 12.3. The van der Waals surface area contributed by atoms with E-state index in [1.54, 1.807) is 22.0 Å². The molecule has 4 heteroatoms. The molecule has 0 N–H and O–H groups in total. The van der Waals surface area contributed by atoms with Gasteiger partial charge in [-0.1, -0.05) is 18.2 Å². The molecule has 0 saturated heterocycles. The van der Waals surface area contributed by atoms with Gasteiger partial charge in [0.05, 0.1) is 12.5 Å². The SMILES string of the molecule is CCN(C(=O)c1cncn1C)c1ccccc1. The molecule has 0 spiro atoms. The average Bonchev–Trinajstić information content (AvgIpc) is 2.77. The summed E-state index contributed by atoms with van der Waals surface area (Å²) in [5.41, 5.74) is 1.50. The lowest BCUT2D eigenvalue weighted by atomic mass is 10.2. The highest BCUT2D eigenvalue weighted by atomic mass is 16.2. The number of carbonyl (C=O) groups is 1. The molecule has 1 heterocycles. The summed E-state index contributed by atoms with van der Waals surface area (Å²) < 4.78 is 1.73. The van der Waals surface area contributed by atoms with Crippen molar-refractivity contribution in [1.82, 2.24) is 9.55 Å². The first-order valence-electron chi connectivity index (χ1n) is 5.57. The highest BCUT2D eigenvalue weighted by molar-refractivity contribution is 6.04. The van der Waals surface area contributed by atoms with Gasteiger partial charge in [-0.2, -0.15) is 0 Å². The number of amides is 1. The Bertz CT molecular complexity index is 504. The minimum absolute atomic E-state index is 0.0290. The van der Waals surface area contributed by atoms with Gasteiger partial charge in [0.2, 0.25) is 0 Å². The van der Waals surface area contributed by atoms with Crippen molar-refractivity contribution in [3.05, 3.63) is 48.5 Å². The lowest BCUT2D eigenvalue weighted by molar-refractivity contribution is 0.0980. The van der Waals surface area contributed by atoms with Crippen LogP contribution >= 0.6 is 0 Å². The Morgan fingerprint density at radius 2 is 2.06 bits per heavy atom. The van der Waals surface area contributed by atoms with Crippen molar-refractivity contribution in [2.45, 2.75) is 6.92 Å². The number of anilines is 1. The average molecular weight is 229 g/mol. The van der Waals surface area contributed by atoms with Gasteiger partial charge in [-0.15, -0.1) is 0 Å². The van der Waals surface area contributed by atoms with Gasteiger partial charge < -0.3 is 9.47 Å². The van der Waals surface area contributed by atoms with E-state index in [9.17, 15) is 4.79 Å². The quantitative estimate of drug-likeness (QED) is 0.808. The summed E-state index contributed by atoms with van der Waals surface area (Å²) in [6, 6.07) is 9.64. The third-order valence-corrected chi connectivity index (χ3v) is 2.67. The second-order valence-electron chi connectivity index (χ2n) is 3.77. The highest BCUT2D eigenvalue weighted by Crippen LogP contribution is 2.15. The first-order chi connectivity index (χ1) is 8.24. The molecule has 2 rings (SSSR count). The van der Waals surface area contributed by atoms with Crippen LogP contribution in [0.4, 0.5) is 5.69 Å². The van der Waals surface area contributed by atoms with Gasteiger partial charge >= 0.3 is 0 Å². The van der Waals surface area contributed by atoms with E-state index in [-0.39, 0.29) is 5.91 Å². The van der Waals surface area contributed by atoms with Crippen LogP contribution in [0.2, 0.25) is 0 Å². The van der Waals surface area contributed by atoms with Crippen LogP contribution in [0.5, 0.6) is 0 Å². The van der Waals surface area contributed by atoms with Crippen molar-refractivity contribution in [2.24, 2.45) is 7.05 Å². The van der Waals surface area contributed by atoms with Crippen molar-refractivity contribution < 1.29 is 4.79 Å². The zero-order valence-electron chi connectivity index (χ0n) is 10.00. The summed E-state index contributed by atoms with van der Waals surface area (Å²) in [6.45, 7) is 2.59.